The third kappa shape index (κ3) is 7.38. The zero-order valence-corrected chi connectivity index (χ0v) is 31.9. The van der Waals surface area contributed by atoms with Crippen LogP contribution in [0.5, 0.6) is 0 Å². The highest BCUT2D eigenvalue weighted by atomic mass is 19.4. The van der Waals surface area contributed by atoms with Crippen LogP contribution in [0.1, 0.15) is 73.2 Å². The fraction of sp³-hybridized carbons (Fsp3) is 0.273. The molecule has 4 aromatic carbocycles. The van der Waals surface area contributed by atoms with Gasteiger partial charge in [-0.05, 0) is 54.7 Å². The van der Waals surface area contributed by atoms with Gasteiger partial charge in [-0.1, -0.05) is 63.8 Å². The number of para-hydroxylation sites is 2. The Morgan fingerprint density at radius 3 is 1.58 bits per heavy atom. The molecule has 0 spiro atoms. The van der Waals surface area contributed by atoms with E-state index in [4.69, 9.17) is 0 Å². The molecule has 0 amide bonds. The Kier molecular flexibility index (Phi) is 10.2. The highest BCUT2D eigenvalue weighted by molar-refractivity contribution is 6.48. The van der Waals surface area contributed by atoms with E-state index >= 15 is 0 Å². The SMILES string of the molecule is CC(C)CC1=[N+](c2cc(C(F)(F)F)cc(C(F)(F)F)c2)c2ccccc2/C1=C1/C(=O)C(c2c(CC(C)C)n(-c3cc(C(F)(F)F)cc(C(F)(F)F)c3)c3ccccc23)=C1[O-]. The van der Waals surface area contributed by atoms with Crippen molar-refractivity contribution in [3.05, 3.63) is 135 Å². The Morgan fingerprint density at radius 2 is 1.08 bits per heavy atom. The normalized spacial score (nSPS) is 16.5. The predicted molar refractivity (Wildman–Crippen MR) is 199 cm³/mol. The molecule has 0 saturated carbocycles. The van der Waals surface area contributed by atoms with Crippen LogP contribution in [-0.4, -0.2) is 16.1 Å². The van der Waals surface area contributed by atoms with E-state index < -0.39 is 81.0 Å². The van der Waals surface area contributed by atoms with Crippen molar-refractivity contribution in [3.8, 4) is 5.69 Å². The van der Waals surface area contributed by atoms with Crippen LogP contribution in [0.15, 0.2) is 96.3 Å². The van der Waals surface area contributed by atoms with Gasteiger partial charge in [-0.3, -0.25) is 4.79 Å². The largest absolute Gasteiger partial charge is 0.871 e. The quantitative estimate of drug-likeness (QED) is 0.0930. The molecule has 0 fully saturated rings. The fourth-order valence-electron chi connectivity index (χ4n) is 7.88. The molecule has 0 atom stereocenters. The number of fused-ring (bicyclic) bond motifs is 2. The predicted octanol–water partition coefficient (Wildman–Crippen LogP) is 12.3. The average Bonchev–Trinajstić information content (AvgIpc) is 3.61. The van der Waals surface area contributed by atoms with Gasteiger partial charge in [0, 0.05) is 58.1 Å². The minimum atomic E-state index is -5.19. The van der Waals surface area contributed by atoms with Gasteiger partial charge in [0.25, 0.3) is 0 Å². The summed E-state index contributed by atoms with van der Waals surface area (Å²) in [4.78, 5) is 14.7. The molecule has 0 N–H and O–H groups in total. The lowest BCUT2D eigenvalue weighted by molar-refractivity contribution is -0.297. The van der Waals surface area contributed by atoms with Crippen LogP contribution < -0.4 is 9.68 Å². The van der Waals surface area contributed by atoms with Crippen molar-refractivity contribution in [2.75, 3.05) is 0 Å². The van der Waals surface area contributed by atoms with Crippen molar-refractivity contribution in [2.45, 2.75) is 65.2 Å². The molecule has 1 aromatic heterocycles. The van der Waals surface area contributed by atoms with E-state index in [0.717, 1.165) is 0 Å². The highest BCUT2D eigenvalue weighted by Crippen LogP contribution is 2.50. The molecular weight excluding hydrogens is 816 g/mol. The number of hydrogen-bond acceptors (Lipinski definition) is 2. The van der Waals surface area contributed by atoms with Crippen LogP contribution >= 0.6 is 0 Å². The van der Waals surface area contributed by atoms with Crippen molar-refractivity contribution >= 4 is 44.9 Å². The van der Waals surface area contributed by atoms with Gasteiger partial charge >= 0.3 is 24.7 Å². The summed E-state index contributed by atoms with van der Waals surface area (Å²) in [5.74, 6) is -2.39. The number of carbonyl (C=O) groups is 1. The Balaban J connectivity index is 1.55. The number of ketones is 1. The number of alkyl halides is 12. The number of nitrogens with zero attached hydrogens (tertiary/aromatic N) is 2. The smallest absolute Gasteiger partial charge is 0.416 e. The second-order valence-electron chi connectivity index (χ2n) is 15.5. The van der Waals surface area contributed by atoms with Crippen LogP contribution in [0, 0.1) is 11.8 Å². The van der Waals surface area contributed by atoms with Gasteiger partial charge in [-0.15, -0.1) is 0 Å². The minimum absolute atomic E-state index is 0.0122. The lowest BCUT2D eigenvalue weighted by Gasteiger charge is -2.33. The molecule has 0 unspecified atom stereocenters. The summed E-state index contributed by atoms with van der Waals surface area (Å²) in [6.45, 7) is 6.88. The third-order valence-corrected chi connectivity index (χ3v) is 10.2. The van der Waals surface area contributed by atoms with Gasteiger partial charge in [-0.2, -0.15) is 57.3 Å². The number of hydrogen-bond donors (Lipinski definition) is 0. The zero-order valence-electron chi connectivity index (χ0n) is 31.9. The molecule has 0 saturated heterocycles. The summed E-state index contributed by atoms with van der Waals surface area (Å²) in [6.07, 6.45) is -20.8. The molecule has 5 aromatic rings. The monoisotopic (exact) mass is 848 g/mol. The summed E-state index contributed by atoms with van der Waals surface area (Å²) < 4.78 is 171. The molecule has 0 bridgehead atoms. The van der Waals surface area contributed by atoms with Gasteiger partial charge in [0.2, 0.25) is 11.4 Å². The average molecular weight is 849 g/mol. The number of rotatable bonds is 7. The lowest BCUT2D eigenvalue weighted by atomic mass is 9.76. The Bertz CT molecular complexity index is 2620. The lowest BCUT2D eigenvalue weighted by Crippen LogP contribution is -2.32. The molecule has 16 heteroatoms. The summed E-state index contributed by atoms with van der Waals surface area (Å²) in [5, 5.41) is 14.8. The number of aromatic nitrogens is 1. The van der Waals surface area contributed by atoms with Crippen molar-refractivity contribution in [3.63, 3.8) is 0 Å². The van der Waals surface area contributed by atoms with Crippen LogP contribution in [0.25, 0.3) is 27.7 Å². The molecule has 4 nitrogen and oxygen atoms in total. The van der Waals surface area contributed by atoms with Crippen LogP contribution in [-0.2, 0) is 35.9 Å². The number of halogens is 12. The maximum Gasteiger partial charge on any atom is 0.416 e. The number of benzene rings is 4. The molecule has 1 aliphatic heterocycles. The van der Waals surface area contributed by atoms with Crippen molar-refractivity contribution < 1.29 is 62.6 Å². The summed E-state index contributed by atoms with van der Waals surface area (Å²) in [6, 6.07) is 14.0. The topological polar surface area (TPSA) is 48.1 Å². The van der Waals surface area contributed by atoms with E-state index in [-0.39, 0.29) is 81.5 Å². The van der Waals surface area contributed by atoms with E-state index in [9.17, 15) is 62.6 Å². The minimum Gasteiger partial charge on any atom is -0.871 e. The van der Waals surface area contributed by atoms with Crippen molar-refractivity contribution in [2.24, 2.45) is 11.8 Å². The number of carbonyl (C=O) groups excluding carboxylic acids is 1. The molecule has 2 aliphatic rings. The van der Waals surface area contributed by atoms with Gasteiger partial charge < -0.3 is 9.67 Å². The molecule has 2 heterocycles. The third-order valence-electron chi connectivity index (χ3n) is 10.2. The Labute approximate surface area is 334 Å². The first-order chi connectivity index (χ1) is 27.8. The van der Waals surface area contributed by atoms with Crippen LogP contribution in [0.4, 0.5) is 64.1 Å². The number of Topliss-reactive ketones (excluding diaryl/α,β-unsaturated/α-hetero) is 1. The van der Waals surface area contributed by atoms with Gasteiger partial charge in [0.05, 0.1) is 38.9 Å². The zero-order chi connectivity index (χ0) is 44.0. The van der Waals surface area contributed by atoms with Crippen LogP contribution in [0.2, 0.25) is 0 Å². The van der Waals surface area contributed by atoms with Gasteiger partial charge in [-0.25, -0.2) is 0 Å². The maximum absolute atomic E-state index is 14.7. The van der Waals surface area contributed by atoms with Gasteiger partial charge in [0.15, 0.2) is 11.5 Å². The fourth-order valence-corrected chi connectivity index (χ4v) is 7.88. The van der Waals surface area contributed by atoms with E-state index in [1.54, 1.807) is 27.7 Å². The summed E-state index contributed by atoms with van der Waals surface area (Å²) in [7, 11) is 0. The van der Waals surface area contributed by atoms with Crippen molar-refractivity contribution in [1.82, 2.24) is 9.14 Å². The summed E-state index contributed by atoms with van der Waals surface area (Å²) in [5.41, 5.74) is -7.78. The molecule has 7 rings (SSSR count). The summed E-state index contributed by atoms with van der Waals surface area (Å²) >= 11 is 0. The van der Waals surface area contributed by atoms with Crippen molar-refractivity contribution in [1.29, 1.82) is 0 Å². The van der Waals surface area contributed by atoms with E-state index in [1.807, 2.05) is 0 Å². The standard InChI is InChI=1S/C44H32F12N2O2/c1-21(2)13-33-35(29-9-5-7-11-31(29)57(33)27-17-23(41(45,46)47)15-24(18-27)42(48,49)50)37-39(59)38(40(37)60)36-30-10-6-8-12-32(30)58(34(36)14-22(3)4)28-19-25(43(51,52)53)16-26(20-28)44(54,55)56/h5-12,15-22H,13-14H2,1-4H3. The first kappa shape index (κ1) is 42.3. The van der Waals surface area contributed by atoms with E-state index in [0.29, 0.717) is 24.3 Å². The molecule has 1 aliphatic carbocycles. The van der Waals surface area contributed by atoms with E-state index in [2.05, 4.69) is 0 Å². The first-order valence-electron chi connectivity index (χ1n) is 18.5. The molecular formula is C44H32F12N2O2. The highest BCUT2D eigenvalue weighted by Gasteiger charge is 2.46. The Morgan fingerprint density at radius 1 is 0.600 bits per heavy atom. The first-order valence-corrected chi connectivity index (χ1v) is 18.5. The van der Waals surface area contributed by atoms with Crippen LogP contribution in [0.3, 0.4) is 0 Å². The van der Waals surface area contributed by atoms with Gasteiger partial charge in [0.1, 0.15) is 0 Å². The molecule has 314 valence electrons. The van der Waals surface area contributed by atoms with E-state index in [1.165, 1.54) is 57.7 Å². The second kappa shape index (κ2) is 14.4. The molecule has 60 heavy (non-hydrogen) atoms. The Hall–Kier alpha value is -5.80. The second-order valence-corrected chi connectivity index (χ2v) is 15.5. The molecule has 0 radical (unpaired) electrons. The number of allylic oxidation sites excluding steroid dienone is 3. The maximum atomic E-state index is 14.7.